The first-order valence-electron chi connectivity index (χ1n) is 37.9. The fourth-order valence-electron chi connectivity index (χ4n) is 9.12. The molecule has 7 heterocycles. The zero-order valence-electron chi connectivity index (χ0n) is 75.8. The minimum atomic E-state index is -0.139. The van der Waals surface area contributed by atoms with Crippen LogP contribution in [-0.4, -0.2) is 66.3 Å². The van der Waals surface area contributed by atoms with Crippen molar-refractivity contribution in [1.29, 1.82) is 0 Å². The summed E-state index contributed by atoms with van der Waals surface area (Å²) in [6.45, 7) is 86.1. The number of carbonyl (C=O) groups excluding carboxylic acids is 2. The van der Waals surface area contributed by atoms with Gasteiger partial charge in [-0.05, 0) is 113 Å². The first-order valence-corrected chi connectivity index (χ1v) is 39.7. The summed E-state index contributed by atoms with van der Waals surface area (Å²) >= 11 is 3.44. The van der Waals surface area contributed by atoms with E-state index in [1.807, 2.05) is 106 Å². The highest BCUT2D eigenvalue weighted by molar-refractivity contribution is 7.10. The number of nitrogens with one attached hydrogen (secondary N) is 2. The molecule has 107 heavy (non-hydrogen) atoms. The van der Waals surface area contributed by atoms with E-state index in [-0.39, 0.29) is 60.1 Å². The summed E-state index contributed by atoms with van der Waals surface area (Å²) < 4.78 is 6.01. The second-order valence-electron chi connectivity index (χ2n) is 39.5. The number of carbonyl (C=O) groups is 2. The normalized spacial score (nSPS) is 12.6. The quantitative estimate of drug-likeness (QED) is 0.140. The zero-order valence-corrected chi connectivity index (χ0v) is 77.5. The topological polar surface area (TPSA) is 175 Å². The molecule has 8 aromatic rings. The third-order valence-electron chi connectivity index (χ3n) is 17.3. The van der Waals surface area contributed by atoms with Gasteiger partial charge in [-0.1, -0.05) is 291 Å². The highest BCUT2D eigenvalue weighted by Gasteiger charge is 2.24. The predicted molar refractivity (Wildman–Crippen MR) is 465 cm³/mol. The van der Waals surface area contributed by atoms with Gasteiger partial charge in [-0.3, -0.25) is 29.0 Å². The Morgan fingerprint density at radius 2 is 1.07 bits per heavy atom. The summed E-state index contributed by atoms with van der Waals surface area (Å²) in [5.41, 5.74) is 17.8. The molecule has 0 amide bonds. The van der Waals surface area contributed by atoms with Crippen molar-refractivity contribution in [3.63, 3.8) is 0 Å². The number of aryl methyl sites for hydroxylation is 5. The SMILES string of the molecule is CC(C)(C)C1=CC(=O)CC=C1.CC(C)(C)C=O.CC(C)(C)c1ccc(=O)[nH]c1.CC(C)(C)c1ccccc1.CC(C)(C)c1ccn[nH]1.CC(C)(C)c1cncs1.CC(C)C(C)(C)C.Cc1c(C(C)(C)C)cnn1C.Cc1nc(C(C)(C)C)cs1.Cc1ncc(C(C)(C)C)n1C.Cc1nn(C)c(C)c1C(C)(C)C. The molecule has 14 nitrogen and oxygen atoms in total. The van der Waals surface area contributed by atoms with Crippen molar-refractivity contribution in [1.82, 2.24) is 54.3 Å². The Bertz CT molecular complexity index is 3790. The minimum absolute atomic E-state index is 0.0435. The lowest BCUT2D eigenvalue weighted by molar-refractivity contribution is -0.114. The molecule has 0 fully saturated rings. The number of hydrogen-bond acceptors (Lipinski definition) is 11. The van der Waals surface area contributed by atoms with Crippen LogP contribution in [0.15, 0.2) is 119 Å². The molecule has 0 spiro atoms. The van der Waals surface area contributed by atoms with Crippen LogP contribution in [0.3, 0.4) is 0 Å². The summed E-state index contributed by atoms with van der Waals surface area (Å²) in [6.07, 6.45) is 16.6. The fraction of sp³-hybridized carbons (Fsp3) is 0.615. The van der Waals surface area contributed by atoms with Gasteiger partial charge in [0.05, 0.1) is 28.1 Å². The molecule has 1 aliphatic rings. The third kappa shape index (κ3) is 42.0. The molecule has 602 valence electrons. The Morgan fingerprint density at radius 1 is 0.551 bits per heavy atom. The molecule has 1 aromatic carbocycles. The van der Waals surface area contributed by atoms with E-state index < -0.39 is 0 Å². The van der Waals surface area contributed by atoms with E-state index in [2.05, 4.69) is 330 Å². The fourth-order valence-corrected chi connectivity index (χ4v) is 10.7. The van der Waals surface area contributed by atoms with Crippen LogP contribution >= 0.6 is 22.7 Å². The van der Waals surface area contributed by atoms with Crippen molar-refractivity contribution in [2.45, 2.75) is 327 Å². The van der Waals surface area contributed by atoms with Gasteiger partial charge in [-0.25, -0.2) is 9.97 Å². The van der Waals surface area contributed by atoms with Crippen LogP contribution < -0.4 is 5.56 Å². The summed E-state index contributed by atoms with van der Waals surface area (Å²) in [5, 5.41) is 18.7. The number of ketones is 1. The number of imidazole rings is 1. The molecule has 0 atom stereocenters. The number of nitrogens with zero attached hydrogens (tertiary/aromatic N) is 9. The van der Waals surface area contributed by atoms with Gasteiger partial charge in [-0.15, -0.1) is 22.7 Å². The largest absolute Gasteiger partial charge is 0.335 e. The van der Waals surface area contributed by atoms with Gasteiger partial charge in [0.1, 0.15) is 12.1 Å². The van der Waals surface area contributed by atoms with Gasteiger partial charge >= 0.3 is 0 Å². The average molecular weight is 1510 g/mol. The van der Waals surface area contributed by atoms with E-state index in [1.165, 1.54) is 50.0 Å². The first-order chi connectivity index (χ1) is 48.0. The van der Waals surface area contributed by atoms with E-state index in [0.717, 1.165) is 39.9 Å². The first kappa shape index (κ1) is 102. The van der Waals surface area contributed by atoms with E-state index in [1.54, 1.807) is 47.2 Å². The number of allylic oxidation sites excluding steroid dienone is 4. The number of benzene rings is 1. The van der Waals surface area contributed by atoms with Crippen molar-refractivity contribution in [2.24, 2.45) is 43.3 Å². The van der Waals surface area contributed by atoms with Crippen LogP contribution in [-0.2, 0) is 74.1 Å². The Hall–Kier alpha value is -6.91. The number of rotatable bonds is 0. The highest BCUT2D eigenvalue weighted by atomic mass is 32.1. The van der Waals surface area contributed by atoms with Crippen molar-refractivity contribution >= 4 is 34.7 Å². The average Bonchev–Trinajstić information content (AvgIpc) is 1.73. The van der Waals surface area contributed by atoms with E-state index in [4.69, 9.17) is 0 Å². The van der Waals surface area contributed by atoms with Gasteiger partial charge in [0, 0.05) is 119 Å². The molecule has 9 rings (SSSR count). The second-order valence-corrected chi connectivity index (χ2v) is 41.5. The maximum atomic E-state index is 11.0. The maximum Gasteiger partial charge on any atom is 0.247 e. The molecule has 0 unspecified atom stereocenters. The van der Waals surface area contributed by atoms with Crippen LogP contribution in [0.4, 0.5) is 0 Å². The monoisotopic (exact) mass is 1510 g/mol. The summed E-state index contributed by atoms with van der Waals surface area (Å²) in [6, 6.07) is 16.0. The highest BCUT2D eigenvalue weighted by Crippen LogP contribution is 2.31. The van der Waals surface area contributed by atoms with Crippen molar-refractivity contribution in [3.05, 3.63) is 197 Å². The Balaban J connectivity index is 0. The third-order valence-corrected chi connectivity index (χ3v) is 19.3. The van der Waals surface area contributed by atoms with Gasteiger partial charge in [0.25, 0.3) is 0 Å². The molecular formula is C91H153N11O3S2. The molecule has 7 aromatic heterocycles. The standard InChI is InChI=1S/C10H18N2.C10H14O.C10H14.2C9H16N2.C9H13NO.C8H13NS.C7H12N2.C7H11NS.C7H16.C5H10O/c1-7-9(10(3,4)5)8(2)12(6)11-7;1-10(2,3)8-5-4-6-9(11)7-8;1-10(2,3)9-7-5-4-6-8-9;1-7-10-6-8(11(7)5)9(2,3)4;1-7-8(9(2,3)4)6-10-11(7)5;1-9(2,3)7-4-5-8(11)10-6-7;1-6-9-7(5-10-6)8(2,3)4;1-7(2,3)6-4-5-8-9-6;1-7(2,3)6-4-8-5-9-6;1-6(2)7(3,4)5;1-5(2,3)4-6/h1-6H3;4-5,7H,6H2,1-3H3;4-8H,1-3H3;2*6H,1-5H3;4-6H,1-3H3,(H,10,11);5H,1-4H3;4-5H,1-3H3,(H,8,9);4-5H,1-3H3;6H,1-5H3;4H,1-3H3. The predicted octanol–water partition coefficient (Wildman–Crippen LogP) is 24.3. The number of hydrogen-bond donors (Lipinski definition) is 2. The molecule has 0 radical (unpaired) electrons. The number of H-pyrrole nitrogens is 2. The summed E-state index contributed by atoms with van der Waals surface area (Å²) in [4.78, 5) is 48.2. The molecule has 0 aliphatic heterocycles. The number of aldehydes is 1. The Morgan fingerprint density at radius 3 is 1.29 bits per heavy atom. The van der Waals surface area contributed by atoms with Gasteiger partial charge in [-0.2, -0.15) is 15.3 Å². The van der Waals surface area contributed by atoms with Crippen molar-refractivity contribution in [2.75, 3.05) is 0 Å². The molecule has 1 aliphatic carbocycles. The van der Waals surface area contributed by atoms with Crippen LogP contribution in [0.25, 0.3) is 0 Å². The van der Waals surface area contributed by atoms with Gasteiger partial charge < -0.3 is 14.3 Å². The van der Waals surface area contributed by atoms with Crippen molar-refractivity contribution < 1.29 is 9.59 Å². The lowest BCUT2D eigenvalue weighted by Gasteiger charge is -2.22. The number of pyridine rings is 1. The Kier molecular flexibility index (Phi) is 40.9. The lowest BCUT2D eigenvalue weighted by Crippen LogP contribution is -2.16. The molecular weight excluding hydrogens is 1360 g/mol. The van der Waals surface area contributed by atoms with E-state index in [0.29, 0.717) is 17.3 Å². The summed E-state index contributed by atoms with van der Waals surface area (Å²) in [5.74, 6) is 2.10. The van der Waals surface area contributed by atoms with E-state index in [9.17, 15) is 14.4 Å². The minimum Gasteiger partial charge on any atom is -0.335 e. The maximum absolute atomic E-state index is 11.0. The second kappa shape index (κ2) is 42.9. The molecule has 16 heteroatoms. The van der Waals surface area contributed by atoms with Gasteiger partial charge in [0.15, 0.2) is 5.78 Å². The Labute approximate surface area is 661 Å². The van der Waals surface area contributed by atoms with Crippen LogP contribution in [0.5, 0.6) is 0 Å². The molecule has 0 bridgehead atoms. The molecule has 0 saturated carbocycles. The van der Waals surface area contributed by atoms with Crippen LogP contribution in [0.2, 0.25) is 0 Å². The van der Waals surface area contributed by atoms with Crippen molar-refractivity contribution in [3.8, 4) is 0 Å². The summed E-state index contributed by atoms with van der Waals surface area (Å²) in [7, 11) is 6.03. The molecule has 2 N–H and O–H groups in total. The molecule has 0 saturated heterocycles. The zero-order chi connectivity index (χ0) is 84.3. The van der Waals surface area contributed by atoms with Crippen LogP contribution in [0, 0.1) is 56.8 Å². The number of thiazole rings is 2. The number of aromatic amines is 2. The lowest BCUT2D eigenvalue weighted by atomic mass is 9.83. The van der Waals surface area contributed by atoms with Gasteiger partial charge in [0.2, 0.25) is 5.56 Å². The number of aromatic nitrogens is 11. The van der Waals surface area contributed by atoms with Crippen LogP contribution in [0.1, 0.15) is 321 Å². The smallest absolute Gasteiger partial charge is 0.247 e. The van der Waals surface area contributed by atoms with E-state index >= 15 is 0 Å².